The zero-order valence-corrected chi connectivity index (χ0v) is 14.8. The lowest BCUT2D eigenvalue weighted by Crippen LogP contribution is -2.29. The maximum Gasteiger partial charge on any atom is 0.387 e. The maximum absolute atomic E-state index is 12.2. The lowest BCUT2D eigenvalue weighted by molar-refractivity contribution is -0.117. The second kappa shape index (κ2) is 8.68. The fourth-order valence-corrected chi connectivity index (χ4v) is 2.71. The van der Waals surface area contributed by atoms with Gasteiger partial charge in [0.25, 0.3) is 0 Å². The first-order valence-electron chi connectivity index (χ1n) is 8.41. The molecule has 0 fully saturated rings. The number of nitrogens with one attached hydrogen (secondary N) is 1. The van der Waals surface area contributed by atoms with Gasteiger partial charge in [-0.3, -0.25) is 9.69 Å². The number of ether oxygens (including phenoxy) is 3. The number of anilines is 1. The first-order chi connectivity index (χ1) is 13.0. The van der Waals surface area contributed by atoms with Crippen LogP contribution in [-0.2, 0) is 11.3 Å². The van der Waals surface area contributed by atoms with Gasteiger partial charge in [0.1, 0.15) is 19.0 Å². The van der Waals surface area contributed by atoms with Crippen LogP contribution in [0, 0.1) is 0 Å². The SMILES string of the molecule is CN(CC(=O)Nc1ccc2c(c1)OCCO2)Cc1ccc(OC(F)F)cc1. The molecule has 0 spiro atoms. The molecular formula is C19H20F2N2O4. The van der Waals surface area contributed by atoms with E-state index >= 15 is 0 Å². The Morgan fingerprint density at radius 2 is 1.85 bits per heavy atom. The molecular weight excluding hydrogens is 358 g/mol. The fourth-order valence-electron chi connectivity index (χ4n) is 2.71. The van der Waals surface area contributed by atoms with Gasteiger partial charge in [0, 0.05) is 18.3 Å². The van der Waals surface area contributed by atoms with Crippen molar-refractivity contribution in [2.75, 3.05) is 32.1 Å². The third-order valence-corrected chi connectivity index (χ3v) is 3.84. The average molecular weight is 378 g/mol. The lowest BCUT2D eigenvalue weighted by Gasteiger charge is -2.20. The van der Waals surface area contributed by atoms with Crippen molar-refractivity contribution in [3.8, 4) is 17.2 Å². The van der Waals surface area contributed by atoms with E-state index in [1.165, 1.54) is 12.1 Å². The molecule has 1 amide bonds. The molecule has 0 bridgehead atoms. The predicted molar refractivity (Wildman–Crippen MR) is 95.5 cm³/mol. The van der Waals surface area contributed by atoms with Crippen LogP contribution >= 0.6 is 0 Å². The Morgan fingerprint density at radius 3 is 2.56 bits per heavy atom. The average Bonchev–Trinajstić information content (AvgIpc) is 2.62. The van der Waals surface area contributed by atoms with E-state index in [1.807, 2.05) is 4.90 Å². The van der Waals surface area contributed by atoms with Gasteiger partial charge in [-0.2, -0.15) is 8.78 Å². The molecule has 0 atom stereocenters. The Balaban J connectivity index is 1.50. The Morgan fingerprint density at radius 1 is 1.15 bits per heavy atom. The number of carbonyl (C=O) groups is 1. The number of fused-ring (bicyclic) bond motifs is 1. The van der Waals surface area contributed by atoms with Gasteiger partial charge in [-0.25, -0.2) is 0 Å². The number of carbonyl (C=O) groups excluding carboxylic acids is 1. The molecule has 3 rings (SSSR count). The molecule has 144 valence electrons. The molecule has 6 nitrogen and oxygen atoms in total. The van der Waals surface area contributed by atoms with Crippen molar-refractivity contribution in [3.63, 3.8) is 0 Å². The van der Waals surface area contributed by atoms with Gasteiger partial charge >= 0.3 is 6.61 Å². The topological polar surface area (TPSA) is 60.0 Å². The number of alkyl halides is 2. The predicted octanol–water partition coefficient (Wildman–Crippen LogP) is 3.13. The number of amides is 1. The second-order valence-electron chi connectivity index (χ2n) is 6.10. The van der Waals surface area contributed by atoms with E-state index in [2.05, 4.69) is 10.1 Å². The zero-order valence-electron chi connectivity index (χ0n) is 14.8. The third kappa shape index (κ3) is 5.55. The highest BCUT2D eigenvalue weighted by Crippen LogP contribution is 2.32. The van der Waals surface area contributed by atoms with Crippen LogP contribution in [0.1, 0.15) is 5.56 Å². The van der Waals surface area contributed by atoms with Crippen molar-refractivity contribution < 1.29 is 27.8 Å². The minimum atomic E-state index is -2.84. The fraction of sp³-hybridized carbons (Fsp3) is 0.316. The van der Waals surface area contributed by atoms with E-state index in [9.17, 15) is 13.6 Å². The molecule has 1 aliphatic heterocycles. The van der Waals surface area contributed by atoms with Gasteiger partial charge in [0.05, 0.1) is 6.54 Å². The van der Waals surface area contributed by atoms with E-state index in [4.69, 9.17) is 9.47 Å². The van der Waals surface area contributed by atoms with Gasteiger partial charge in [-0.1, -0.05) is 12.1 Å². The van der Waals surface area contributed by atoms with Crippen LogP contribution in [0.25, 0.3) is 0 Å². The van der Waals surface area contributed by atoms with Crippen LogP contribution in [0.2, 0.25) is 0 Å². The molecule has 1 N–H and O–H groups in total. The summed E-state index contributed by atoms with van der Waals surface area (Å²) in [7, 11) is 1.80. The van der Waals surface area contributed by atoms with Crippen molar-refractivity contribution in [1.82, 2.24) is 4.90 Å². The van der Waals surface area contributed by atoms with Crippen molar-refractivity contribution in [3.05, 3.63) is 48.0 Å². The molecule has 1 aliphatic rings. The molecule has 0 unspecified atom stereocenters. The minimum absolute atomic E-state index is 0.104. The number of nitrogens with zero attached hydrogens (tertiary/aromatic N) is 1. The van der Waals surface area contributed by atoms with Crippen LogP contribution < -0.4 is 19.5 Å². The quantitative estimate of drug-likeness (QED) is 0.802. The first-order valence-corrected chi connectivity index (χ1v) is 8.41. The summed E-state index contributed by atoms with van der Waals surface area (Å²) in [5.74, 6) is 1.20. The summed E-state index contributed by atoms with van der Waals surface area (Å²) < 4.78 is 39.6. The smallest absolute Gasteiger partial charge is 0.387 e. The summed E-state index contributed by atoms with van der Waals surface area (Å²) in [5.41, 5.74) is 1.51. The van der Waals surface area contributed by atoms with Crippen LogP contribution in [-0.4, -0.2) is 44.2 Å². The molecule has 27 heavy (non-hydrogen) atoms. The number of halogens is 2. The summed E-state index contributed by atoms with van der Waals surface area (Å²) in [6.07, 6.45) is 0. The van der Waals surface area contributed by atoms with Gasteiger partial charge in [-0.05, 0) is 36.9 Å². The summed E-state index contributed by atoms with van der Waals surface area (Å²) >= 11 is 0. The second-order valence-corrected chi connectivity index (χ2v) is 6.10. The van der Waals surface area contributed by atoms with E-state index in [1.54, 1.807) is 37.4 Å². The van der Waals surface area contributed by atoms with Crippen LogP contribution in [0.15, 0.2) is 42.5 Å². The van der Waals surface area contributed by atoms with Gasteiger partial charge < -0.3 is 19.5 Å². The van der Waals surface area contributed by atoms with Crippen LogP contribution in [0.5, 0.6) is 17.2 Å². The standard InChI is InChI=1S/C19H20F2N2O4/c1-23(11-13-2-5-15(6-3-13)27-19(20)21)12-18(24)22-14-4-7-16-17(10-14)26-9-8-25-16/h2-7,10,19H,8-9,11-12H2,1H3,(H,22,24). The van der Waals surface area contributed by atoms with Gasteiger partial charge in [-0.15, -0.1) is 0 Å². The highest BCUT2D eigenvalue weighted by molar-refractivity contribution is 5.92. The number of rotatable bonds is 7. The Kier molecular flexibility index (Phi) is 6.08. The molecule has 2 aromatic rings. The Hall–Kier alpha value is -2.87. The maximum atomic E-state index is 12.2. The number of hydrogen-bond donors (Lipinski definition) is 1. The molecule has 0 aromatic heterocycles. The molecule has 2 aromatic carbocycles. The highest BCUT2D eigenvalue weighted by atomic mass is 19.3. The summed E-state index contributed by atoms with van der Waals surface area (Å²) in [4.78, 5) is 14.0. The minimum Gasteiger partial charge on any atom is -0.486 e. The van der Waals surface area contributed by atoms with Crippen molar-refractivity contribution in [1.29, 1.82) is 0 Å². The van der Waals surface area contributed by atoms with E-state index in [0.717, 1.165) is 5.56 Å². The molecule has 0 radical (unpaired) electrons. The summed E-state index contributed by atoms with van der Waals surface area (Å²) in [6, 6.07) is 11.6. The Bertz CT molecular complexity index is 784. The monoisotopic (exact) mass is 378 g/mol. The van der Waals surface area contributed by atoms with Crippen molar-refractivity contribution in [2.24, 2.45) is 0 Å². The number of likely N-dealkylation sites (N-methyl/N-ethyl adjacent to an activating group) is 1. The van der Waals surface area contributed by atoms with Gasteiger partial charge in [0.2, 0.25) is 5.91 Å². The van der Waals surface area contributed by atoms with E-state index < -0.39 is 6.61 Å². The van der Waals surface area contributed by atoms with Crippen molar-refractivity contribution in [2.45, 2.75) is 13.2 Å². The first kappa shape index (κ1) is 18.9. The summed E-state index contributed by atoms with van der Waals surface area (Å²) in [6.45, 7) is -1.19. The largest absolute Gasteiger partial charge is 0.486 e. The lowest BCUT2D eigenvalue weighted by atomic mass is 10.2. The number of benzene rings is 2. The molecule has 8 heteroatoms. The highest BCUT2D eigenvalue weighted by Gasteiger charge is 2.14. The number of hydrogen-bond acceptors (Lipinski definition) is 5. The van der Waals surface area contributed by atoms with E-state index in [-0.39, 0.29) is 18.2 Å². The zero-order chi connectivity index (χ0) is 19.2. The Labute approximate surface area is 155 Å². The van der Waals surface area contributed by atoms with Crippen LogP contribution in [0.4, 0.5) is 14.5 Å². The van der Waals surface area contributed by atoms with Crippen molar-refractivity contribution >= 4 is 11.6 Å². The van der Waals surface area contributed by atoms with Gasteiger partial charge in [0.15, 0.2) is 11.5 Å². The molecule has 0 aliphatic carbocycles. The van der Waals surface area contributed by atoms with E-state index in [0.29, 0.717) is 36.9 Å². The molecule has 0 saturated carbocycles. The third-order valence-electron chi connectivity index (χ3n) is 3.84. The molecule has 1 heterocycles. The summed E-state index contributed by atoms with van der Waals surface area (Å²) in [5, 5.41) is 2.82. The normalized spacial score (nSPS) is 12.9. The molecule has 0 saturated heterocycles. The van der Waals surface area contributed by atoms with Crippen LogP contribution in [0.3, 0.4) is 0 Å².